The molecule has 3 aromatic rings. The van der Waals surface area contributed by atoms with Crippen molar-refractivity contribution >= 4 is 11.6 Å². The lowest BCUT2D eigenvalue weighted by Gasteiger charge is -2.04. The third kappa shape index (κ3) is 2.88. The summed E-state index contributed by atoms with van der Waals surface area (Å²) in [7, 11) is 0. The van der Waals surface area contributed by atoms with Gasteiger partial charge < -0.3 is 0 Å². The van der Waals surface area contributed by atoms with Crippen molar-refractivity contribution in [3.63, 3.8) is 0 Å². The lowest BCUT2D eigenvalue weighted by molar-refractivity contribution is 0.649. The van der Waals surface area contributed by atoms with Crippen LogP contribution in [0.5, 0.6) is 0 Å². The largest absolute Gasteiger partial charge is 0.248 e. The van der Waals surface area contributed by atoms with E-state index in [9.17, 15) is 0 Å². The Labute approximate surface area is 121 Å². The molecule has 0 atom stereocenters. The van der Waals surface area contributed by atoms with Crippen molar-refractivity contribution in [2.45, 2.75) is 13.0 Å². The predicted octanol–water partition coefficient (Wildman–Crippen LogP) is 2.29. The van der Waals surface area contributed by atoms with E-state index < -0.39 is 0 Å². The second-order valence-corrected chi connectivity index (χ2v) is 4.84. The van der Waals surface area contributed by atoms with Crippen LogP contribution in [0.3, 0.4) is 0 Å². The maximum absolute atomic E-state index is 5.69. The molecule has 0 aliphatic heterocycles. The Morgan fingerprint density at radius 3 is 2.70 bits per heavy atom. The number of hydrogen-bond donors (Lipinski definition) is 0. The van der Waals surface area contributed by atoms with Crippen LogP contribution in [-0.4, -0.2) is 30.7 Å². The van der Waals surface area contributed by atoms with Crippen LogP contribution >= 0.6 is 11.6 Å². The molecule has 0 spiro atoms. The van der Waals surface area contributed by atoms with Crippen LogP contribution in [0.2, 0.25) is 0 Å². The third-order valence-electron chi connectivity index (χ3n) is 2.99. The monoisotopic (exact) mass is 287 g/mol. The van der Waals surface area contributed by atoms with Gasteiger partial charge in [0.1, 0.15) is 0 Å². The lowest BCUT2D eigenvalue weighted by atomic mass is 10.2. The highest BCUT2D eigenvalue weighted by Crippen LogP contribution is 2.10. The highest BCUT2D eigenvalue weighted by molar-refractivity contribution is 6.17. The van der Waals surface area contributed by atoms with Crippen LogP contribution in [0.1, 0.15) is 11.3 Å². The van der Waals surface area contributed by atoms with E-state index in [2.05, 4.69) is 27.5 Å². The van der Waals surface area contributed by atoms with Crippen molar-refractivity contribution in [2.75, 3.05) is 5.88 Å². The fraction of sp³-hybridized carbons (Fsp3) is 0.214. The smallest absolute Gasteiger partial charge is 0.0839 e. The van der Waals surface area contributed by atoms with E-state index in [0.717, 1.165) is 17.8 Å². The van der Waals surface area contributed by atoms with Gasteiger partial charge in [0, 0.05) is 30.9 Å². The average Bonchev–Trinajstić information content (AvgIpc) is 3.12. The highest BCUT2D eigenvalue weighted by Gasteiger charge is 2.02. The Kier molecular flexibility index (Phi) is 3.78. The summed E-state index contributed by atoms with van der Waals surface area (Å²) in [6, 6.07) is 10.1. The van der Waals surface area contributed by atoms with Crippen LogP contribution in [0.4, 0.5) is 0 Å². The number of halogens is 1. The van der Waals surface area contributed by atoms with Gasteiger partial charge in [0.25, 0.3) is 0 Å². The minimum atomic E-state index is 0.567. The van der Waals surface area contributed by atoms with Gasteiger partial charge in [0.2, 0.25) is 0 Å². The summed E-state index contributed by atoms with van der Waals surface area (Å²) in [5.41, 5.74) is 3.14. The minimum absolute atomic E-state index is 0.567. The molecule has 1 aromatic carbocycles. The van der Waals surface area contributed by atoms with E-state index in [4.69, 9.17) is 11.6 Å². The van der Waals surface area contributed by atoms with Gasteiger partial charge in [-0.1, -0.05) is 17.3 Å². The zero-order chi connectivity index (χ0) is 13.8. The zero-order valence-electron chi connectivity index (χ0n) is 10.9. The summed E-state index contributed by atoms with van der Waals surface area (Å²) in [5, 5.41) is 12.4. The third-order valence-corrected chi connectivity index (χ3v) is 3.18. The fourth-order valence-electron chi connectivity index (χ4n) is 1.99. The molecule has 0 radical (unpaired) electrons. The summed E-state index contributed by atoms with van der Waals surface area (Å²) in [5.74, 6) is 0.567. The first-order valence-electron chi connectivity index (χ1n) is 6.39. The maximum Gasteiger partial charge on any atom is 0.0839 e. The SMILES string of the molecule is ClCCc1cn(Cc2ccc(-n3cccn3)cc2)nn1. The molecule has 0 aliphatic carbocycles. The van der Waals surface area contributed by atoms with E-state index >= 15 is 0 Å². The molecule has 6 heteroatoms. The van der Waals surface area contributed by atoms with E-state index in [-0.39, 0.29) is 0 Å². The predicted molar refractivity (Wildman–Crippen MR) is 77.1 cm³/mol. The Hall–Kier alpha value is -2.14. The maximum atomic E-state index is 5.69. The van der Waals surface area contributed by atoms with E-state index in [1.165, 1.54) is 5.56 Å². The number of nitrogens with zero attached hydrogens (tertiary/aromatic N) is 5. The molecule has 0 aliphatic rings. The van der Waals surface area contributed by atoms with Crippen molar-refractivity contribution in [3.8, 4) is 5.69 Å². The van der Waals surface area contributed by atoms with Gasteiger partial charge in [-0.15, -0.1) is 16.7 Å². The first-order valence-corrected chi connectivity index (χ1v) is 6.92. The average molecular weight is 288 g/mol. The van der Waals surface area contributed by atoms with Gasteiger partial charge in [-0.05, 0) is 23.8 Å². The van der Waals surface area contributed by atoms with E-state index in [0.29, 0.717) is 12.4 Å². The zero-order valence-corrected chi connectivity index (χ0v) is 11.6. The van der Waals surface area contributed by atoms with Crippen molar-refractivity contribution < 1.29 is 0 Å². The molecule has 2 aromatic heterocycles. The molecule has 0 saturated heterocycles. The van der Waals surface area contributed by atoms with Gasteiger partial charge >= 0.3 is 0 Å². The second kappa shape index (κ2) is 5.88. The van der Waals surface area contributed by atoms with Gasteiger partial charge in [0.15, 0.2) is 0 Å². The fourth-order valence-corrected chi connectivity index (χ4v) is 2.18. The van der Waals surface area contributed by atoms with Gasteiger partial charge in [-0.25, -0.2) is 9.36 Å². The van der Waals surface area contributed by atoms with Crippen molar-refractivity contribution in [1.82, 2.24) is 24.8 Å². The van der Waals surface area contributed by atoms with Crippen LogP contribution in [0, 0.1) is 0 Å². The normalized spacial score (nSPS) is 10.8. The molecule has 0 bridgehead atoms. The van der Waals surface area contributed by atoms with Gasteiger partial charge in [-0.3, -0.25) is 0 Å². The quantitative estimate of drug-likeness (QED) is 0.677. The lowest BCUT2D eigenvalue weighted by Crippen LogP contribution is -2.01. The Morgan fingerprint density at radius 1 is 1.15 bits per heavy atom. The summed E-state index contributed by atoms with van der Waals surface area (Å²) < 4.78 is 3.66. The number of aromatic nitrogens is 5. The molecule has 0 saturated carbocycles. The molecule has 3 rings (SSSR count). The molecule has 0 fully saturated rings. The van der Waals surface area contributed by atoms with Crippen LogP contribution in [0.25, 0.3) is 5.69 Å². The molecule has 2 heterocycles. The summed E-state index contributed by atoms with van der Waals surface area (Å²) >= 11 is 5.69. The molecule has 0 N–H and O–H groups in total. The summed E-state index contributed by atoms with van der Waals surface area (Å²) in [6.07, 6.45) is 6.37. The number of rotatable bonds is 5. The topological polar surface area (TPSA) is 48.5 Å². The Balaban J connectivity index is 1.71. The molecule has 0 unspecified atom stereocenters. The molecule has 102 valence electrons. The van der Waals surface area contributed by atoms with E-state index in [1.807, 2.05) is 40.0 Å². The second-order valence-electron chi connectivity index (χ2n) is 4.46. The van der Waals surface area contributed by atoms with Crippen LogP contribution in [0.15, 0.2) is 48.9 Å². The standard InChI is InChI=1S/C14H14ClN5/c15-7-6-13-11-19(18-17-13)10-12-2-4-14(5-3-12)20-9-1-8-16-20/h1-5,8-9,11H,6-7,10H2. The number of aryl methyl sites for hydroxylation is 1. The number of benzene rings is 1. The Bertz CT molecular complexity index is 657. The first-order chi connectivity index (χ1) is 9.85. The molecule has 5 nitrogen and oxygen atoms in total. The van der Waals surface area contributed by atoms with Gasteiger partial charge in [-0.2, -0.15) is 5.10 Å². The van der Waals surface area contributed by atoms with Gasteiger partial charge in [0.05, 0.1) is 17.9 Å². The first kappa shape index (κ1) is 12.9. The van der Waals surface area contributed by atoms with E-state index in [1.54, 1.807) is 6.20 Å². The summed E-state index contributed by atoms with van der Waals surface area (Å²) in [4.78, 5) is 0. The molecule has 20 heavy (non-hydrogen) atoms. The molecule has 0 amide bonds. The molecular weight excluding hydrogens is 274 g/mol. The van der Waals surface area contributed by atoms with Crippen LogP contribution in [-0.2, 0) is 13.0 Å². The van der Waals surface area contributed by atoms with Crippen LogP contribution < -0.4 is 0 Å². The Morgan fingerprint density at radius 2 is 2.00 bits per heavy atom. The minimum Gasteiger partial charge on any atom is -0.248 e. The summed E-state index contributed by atoms with van der Waals surface area (Å²) in [6.45, 7) is 0.703. The number of hydrogen-bond acceptors (Lipinski definition) is 3. The molecular formula is C14H14ClN5. The van der Waals surface area contributed by atoms with Crippen molar-refractivity contribution in [3.05, 3.63) is 60.2 Å². The number of alkyl halides is 1. The van der Waals surface area contributed by atoms with Crippen molar-refractivity contribution in [1.29, 1.82) is 0 Å². The highest BCUT2D eigenvalue weighted by atomic mass is 35.5. The van der Waals surface area contributed by atoms with Crippen molar-refractivity contribution in [2.24, 2.45) is 0 Å².